The molecule has 1 aliphatic heterocycles. The number of hydrogen-bond donors (Lipinski definition) is 2. The third kappa shape index (κ3) is 3.87. The van der Waals surface area contributed by atoms with Crippen LogP contribution in [0.3, 0.4) is 0 Å². The number of nitrogens with one attached hydrogen (secondary N) is 2. The van der Waals surface area contributed by atoms with Gasteiger partial charge in [-0.3, -0.25) is 4.79 Å². The largest absolute Gasteiger partial charge is 0.497 e. The van der Waals surface area contributed by atoms with E-state index in [-0.39, 0.29) is 11.4 Å². The van der Waals surface area contributed by atoms with Crippen molar-refractivity contribution in [3.8, 4) is 5.75 Å². The number of fused-ring (bicyclic) bond motifs is 1. The molecule has 2 aromatic carbocycles. The first kappa shape index (κ1) is 19.2. The number of ether oxygens (including phenoxy) is 1. The van der Waals surface area contributed by atoms with Crippen molar-refractivity contribution in [2.45, 2.75) is 19.0 Å². The number of aromatic amines is 1. The fourth-order valence-electron chi connectivity index (χ4n) is 3.59. The van der Waals surface area contributed by atoms with Crippen LogP contribution in [-0.2, 0) is 6.18 Å². The minimum absolute atomic E-state index is 0.156. The molecule has 1 fully saturated rings. The predicted molar refractivity (Wildman–Crippen MR) is 106 cm³/mol. The van der Waals surface area contributed by atoms with Gasteiger partial charge in [0.2, 0.25) is 0 Å². The second kappa shape index (κ2) is 7.35. The number of carbonyl (C=O) groups excluding carboxylic acids is 1. The number of halogens is 3. The number of nitrogens with zero attached hydrogens (tertiary/aromatic N) is 1. The van der Waals surface area contributed by atoms with Crippen molar-refractivity contribution >= 4 is 28.2 Å². The van der Waals surface area contributed by atoms with E-state index < -0.39 is 17.6 Å². The van der Waals surface area contributed by atoms with Gasteiger partial charge in [0.15, 0.2) is 0 Å². The Labute approximate surface area is 165 Å². The smallest absolute Gasteiger partial charge is 0.416 e. The predicted octanol–water partition coefficient (Wildman–Crippen LogP) is 5.05. The molecule has 29 heavy (non-hydrogen) atoms. The van der Waals surface area contributed by atoms with Crippen LogP contribution in [0.15, 0.2) is 42.5 Å². The quantitative estimate of drug-likeness (QED) is 0.641. The van der Waals surface area contributed by atoms with E-state index >= 15 is 0 Å². The number of alkyl halides is 3. The number of benzene rings is 2. The summed E-state index contributed by atoms with van der Waals surface area (Å²) >= 11 is 0. The highest BCUT2D eigenvalue weighted by atomic mass is 19.4. The highest BCUT2D eigenvalue weighted by Crippen LogP contribution is 2.36. The summed E-state index contributed by atoms with van der Waals surface area (Å²) in [6.07, 6.45) is -2.54. The fourth-order valence-corrected chi connectivity index (χ4v) is 3.59. The van der Waals surface area contributed by atoms with Crippen LogP contribution >= 0.6 is 0 Å². The zero-order valence-corrected chi connectivity index (χ0v) is 15.8. The van der Waals surface area contributed by atoms with E-state index in [1.807, 2.05) is 4.90 Å². The van der Waals surface area contributed by atoms with Crippen molar-refractivity contribution in [3.05, 3.63) is 53.7 Å². The van der Waals surface area contributed by atoms with Crippen LogP contribution in [0.5, 0.6) is 5.75 Å². The lowest BCUT2D eigenvalue weighted by Gasteiger charge is -2.22. The van der Waals surface area contributed by atoms with E-state index in [0.29, 0.717) is 17.0 Å². The summed E-state index contributed by atoms with van der Waals surface area (Å²) in [5, 5.41) is 3.47. The summed E-state index contributed by atoms with van der Waals surface area (Å²) in [6, 6.07) is 10.5. The van der Waals surface area contributed by atoms with E-state index in [1.165, 1.54) is 6.07 Å². The minimum atomic E-state index is -4.49. The SMILES string of the molecule is COc1ccc2cc(C(=O)Nc3cc(C(F)(F)F)ccc3N3CCCC3)[nH]c2c1. The van der Waals surface area contributed by atoms with Crippen LogP contribution in [-0.4, -0.2) is 31.1 Å². The van der Waals surface area contributed by atoms with E-state index in [9.17, 15) is 18.0 Å². The minimum Gasteiger partial charge on any atom is -0.497 e. The standard InChI is InChI=1S/C21H20F3N3O2/c1-29-15-6-4-13-10-18(25-16(13)12-15)20(28)26-17-11-14(21(22,23)24)5-7-19(17)27-8-2-3-9-27/h4-7,10-12,25H,2-3,8-9H2,1H3,(H,26,28). The summed E-state index contributed by atoms with van der Waals surface area (Å²) in [5.74, 6) is 0.139. The van der Waals surface area contributed by atoms with Crippen LogP contribution < -0.4 is 15.0 Å². The van der Waals surface area contributed by atoms with Gasteiger partial charge >= 0.3 is 6.18 Å². The molecule has 4 rings (SSSR count). The number of rotatable bonds is 4. The van der Waals surface area contributed by atoms with E-state index in [0.717, 1.165) is 43.5 Å². The summed E-state index contributed by atoms with van der Waals surface area (Å²) in [6.45, 7) is 1.50. The number of aromatic nitrogens is 1. The van der Waals surface area contributed by atoms with Gasteiger partial charge in [-0.2, -0.15) is 13.2 Å². The number of amides is 1. The van der Waals surface area contributed by atoms with Gasteiger partial charge in [0, 0.05) is 30.1 Å². The molecule has 0 aliphatic carbocycles. The van der Waals surface area contributed by atoms with Crippen LogP contribution in [0.4, 0.5) is 24.5 Å². The Hall–Kier alpha value is -3.16. The summed E-state index contributed by atoms with van der Waals surface area (Å²) in [4.78, 5) is 17.8. The molecule has 3 aromatic rings. The van der Waals surface area contributed by atoms with E-state index in [4.69, 9.17) is 4.74 Å². The Morgan fingerprint density at radius 1 is 1.10 bits per heavy atom. The second-order valence-corrected chi connectivity index (χ2v) is 7.01. The monoisotopic (exact) mass is 403 g/mol. The highest BCUT2D eigenvalue weighted by Gasteiger charge is 2.32. The van der Waals surface area contributed by atoms with Crippen LogP contribution in [0.25, 0.3) is 10.9 Å². The molecule has 0 spiro atoms. The summed E-state index contributed by atoms with van der Waals surface area (Å²) in [7, 11) is 1.55. The van der Waals surface area contributed by atoms with Crippen LogP contribution in [0, 0.1) is 0 Å². The molecule has 1 aliphatic rings. The maximum atomic E-state index is 13.2. The molecule has 0 bridgehead atoms. The molecule has 1 amide bonds. The van der Waals surface area contributed by atoms with Crippen LogP contribution in [0.2, 0.25) is 0 Å². The summed E-state index contributed by atoms with van der Waals surface area (Å²) < 4.78 is 44.8. The molecule has 2 heterocycles. The lowest BCUT2D eigenvalue weighted by atomic mass is 10.1. The van der Waals surface area contributed by atoms with Crippen molar-refractivity contribution in [2.75, 3.05) is 30.4 Å². The molecule has 8 heteroatoms. The molecule has 0 saturated carbocycles. The van der Waals surface area contributed by atoms with E-state index in [1.54, 1.807) is 31.4 Å². The zero-order valence-electron chi connectivity index (χ0n) is 15.8. The lowest BCUT2D eigenvalue weighted by molar-refractivity contribution is -0.137. The Morgan fingerprint density at radius 2 is 1.86 bits per heavy atom. The van der Waals surface area contributed by atoms with Gasteiger partial charge < -0.3 is 19.9 Å². The maximum Gasteiger partial charge on any atom is 0.416 e. The fraction of sp³-hybridized carbons (Fsp3) is 0.286. The molecule has 5 nitrogen and oxygen atoms in total. The number of methoxy groups -OCH3 is 1. The van der Waals surface area contributed by atoms with Gasteiger partial charge in [0.05, 0.1) is 24.0 Å². The van der Waals surface area contributed by atoms with Crippen LogP contribution in [0.1, 0.15) is 28.9 Å². The molecule has 152 valence electrons. The third-order valence-electron chi connectivity index (χ3n) is 5.09. The third-order valence-corrected chi connectivity index (χ3v) is 5.09. The molecule has 0 radical (unpaired) electrons. The maximum absolute atomic E-state index is 13.2. The van der Waals surface area contributed by atoms with Crippen molar-refractivity contribution < 1.29 is 22.7 Å². The van der Waals surface area contributed by atoms with Gasteiger partial charge in [-0.15, -0.1) is 0 Å². The van der Waals surface area contributed by atoms with Crippen molar-refractivity contribution in [1.29, 1.82) is 0 Å². The Bertz CT molecular complexity index is 1050. The van der Waals surface area contributed by atoms with Crippen molar-refractivity contribution in [2.24, 2.45) is 0 Å². The molecule has 0 atom stereocenters. The normalized spacial score (nSPS) is 14.4. The Kier molecular flexibility index (Phi) is 4.86. The lowest BCUT2D eigenvalue weighted by Crippen LogP contribution is -2.22. The van der Waals surface area contributed by atoms with Gasteiger partial charge in [0.25, 0.3) is 5.91 Å². The Balaban J connectivity index is 1.67. The molecule has 2 N–H and O–H groups in total. The number of H-pyrrole nitrogens is 1. The summed E-state index contributed by atoms with van der Waals surface area (Å²) in [5.41, 5.74) is 0.929. The highest BCUT2D eigenvalue weighted by molar-refractivity contribution is 6.07. The number of anilines is 2. The molecular formula is C21H20F3N3O2. The second-order valence-electron chi connectivity index (χ2n) is 7.01. The first-order valence-corrected chi connectivity index (χ1v) is 9.29. The first-order valence-electron chi connectivity index (χ1n) is 9.29. The van der Waals surface area contributed by atoms with Crippen molar-refractivity contribution in [1.82, 2.24) is 4.98 Å². The van der Waals surface area contributed by atoms with Gasteiger partial charge in [-0.25, -0.2) is 0 Å². The van der Waals surface area contributed by atoms with Gasteiger partial charge in [-0.1, -0.05) is 0 Å². The van der Waals surface area contributed by atoms with Gasteiger partial charge in [0.1, 0.15) is 11.4 Å². The molecule has 1 saturated heterocycles. The number of carbonyl (C=O) groups is 1. The molecule has 1 aromatic heterocycles. The average molecular weight is 403 g/mol. The Morgan fingerprint density at radius 3 is 2.55 bits per heavy atom. The molecule has 0 unspecified atom stereocenters. The van der Waals surface area contributed by atoms with Crippen molar-refractivity contribution in [3.63, 3.8) is 0 Å². The topological polar surface area (TPSA) is 57.4 Å². The number of hydrogen-bond acceptors (Lipinski definition) is 3. The van der Waals surface area contributed by atoms with E-state index in [2.05, 4.69) is 10.3 Å². The van der Waals surface area contributed by atoms with Gasteiger partial charge in [-0.05, 0) is 49.2 Å². The molecular weight excluding hydrogens is 383 g/mol. The average Bonchev–Trinajstić information content (AvgIpc) is 3.36. The first-order chi connectivity index (χ1) is 13.8. The zero-order chi connectivity index (χ0) is 20.6.